The van der Waals surface area contributed by atoms with E-state index in [-0.39, 0.29) is 5.56 Å². The van der Waals surface area contributed by atoms with Crippen molar-refractivity contribution < 1.29 is 0 Å². The van der Waals surface area contributed by atoms with Gasteiger partial charge in [-0.05, 0) is 54.8 Å². The fourth-order valence-corrected chi connectivity index (χ4v) is 3.74. The summed E-state index contributed by atoms with van der Waals surface area (Å²) in [6.07, 6.45) is 4.11. The SMILES string of the molecule is CN1CCC(=C(c2ccccc2)c2ccc(=O)n(-c3ccccc3)c2)CC1. The Hall–Kier alpha value is -2.91. The Labute approximate surface area is 160 Å². The van der Waals surface area contributed by atoms with Crippen molar-refractivity contribution in [3.8, 4) is 5.69 Å². The van der Waals surface area contributed by atoms with E-state index in [1.807, 2.05) is 48.7 Å². The van der Waals surface area contributed by atoms with Crippen molar-refractivity contribution in [1.29, 1.82) is 0 Å². The zero-order valence-corrected chi connectivity index (χ0v) is 15.6. The molecule has 0 radical (unpaired) electrons. The van der Waals surface area contributed by atoms with E-state index in [9.17, 15) is 4.79 Å². The molecule has 27 heavy (non-hydrogen) atoms. The fourth-order valence-electron chi connectivity index (χ4n) is 3.74. The molecule has 136 valence electrons. The van der Waals surface area contributed by atoms with Gasteiger partial charge in [-0.15, -0.1) is 0 Å². The van der Waals surface area contributed by atoms with Crippen molar-refractivity contribution in [2.45, 2.75) is 12.8 Å². The van der Waals surface area contributed by atoms with Crippen molar-refractivity contribution in [1.82, 2.24) is 9.47 Å². The van der Waals surface area contributed by atoms with Crippen LogP contribution < -0.4 is 5.56 Å². The van der Waals surface area contributed by atoms with Gasteiger partial charge in [-0.25, -0.2) is 0 Å². The van der Waals surface area contributed by atoms with Crippen molar-refractivity contribution in [3.63, 3.8) is 0 Å². The largest absolute Gasteiger partial charge is 0.306 e. The lowest BCUT2D eigenvalue weighted by molar-refractivity contribution is 0.313. The van der Waals surface area contributed by atoms with Crippen LogP contribution in [0, 0.1) is 0 Å². The summed E-state index contributed by atoms with van der Waals surface area (Å²) in [4.78, 5) is 14.9. The third-order valence-corrected chi connectivity index (χ3v) is 5.24. The molecule has 2 heterocycles. The van der Waals surface area contributed by atoms with Crippen LogP contribution in [0.4, 0.5) is 0 Å². The summed E-state index contributed by atoms with van der Waals surface area (Å²) in [7, 11) is 2.18. The standard InChI is InChI=1S/C24H24N2O/c1-25-16-14-20(15-17-25)24(19-8-4-2-5-9-19)21-12-13-23(27)26(18-21)22-10-6-3-7-11-22/h2-13,18H,14-17H2,1H3. The van der Waals surface area contributed by atoms with Crippen LogP contribution in [0.3, 0.4) is 0 Å². The molecule has 0 saturated carbocycles. The predicted octanol–water partition coefficient (Wildman–Crippen LogP) is 4.37. The number of pyridine rings is 1. The molecule has 0 bridgehead atoms. The molecule has 1 aromatic heterocycles. The highest BCUT2D eigenvalue weighted by molar-refractivity contribution is 5.82. The minimum atomic E-state index is -0.00857. The molecule has 3 aromatic rings. The molecule has 0 atom stereocenters. The summed E-state index contributed by atoms with van der Waals surface area (Å²) in [5, 5.41) is 0. The fraction of sp³-hybridized carbons (Fsp3) is 0.208. The molecule has 0 aliphatic carbocycles. The van der Waals surface area contributed by atoms with Gasteiger partial charge in [0.05, 0.1) is 0 Å². The summed E-state index contributed by atoms with van der Waals surface area (Å²) in [6.45, 7) is 2.15. The molecule has 3 heteroatoms. The highest BCUT2D eigenvalue weighted by atomic mass is 16.1. The first-order chi connectivity index (χ1) is 13.2. The molecule has 0 N–H and O–H groups in total. The van der Waals surface area contributed by atoms with E-state index in [2.05, 4.69) is 36.2 Å². The third kappa shape index (κ3) is 3.79. The van der Waals surface area contributed by atoms with Crippen molar-refractivity contribution in [3.05, 3.63) is 106 Å². The first-order valence-corrected chi connectivity index (χ1v) is 9.47. The molecular weight excluding hydrogens is 332 g/mol. The zero-order chi connectivity index (χ0) is 18.6. The maximum atomic E-state index is 12.5. The number of hydrogen-bond donors (Lipinski definition) is 0. The average molecular weight is 356 g/mol. The Morgan fingerprint density at radius 3 is 2.07 bits per heavy atom. The lowest BCUT2D eigenvalue weighted by Gasteiger charge is -2.27. The first-order valence-electron chi connectivity index (χ1n) is 9.47. The smallest absolute Gasteiger partial charge is 0.255 e. The predicted molar refractivity (Wildman–Crippen MR) is 111 cm³/mol. The van der Waals surface area contributed by atoms with Gasteiger partial charge in [0, 0.05) is 31.0 Å². The van der Waals surface area contributed by atoms with Crippen LogP contribution in [0.2, 0.25) is 0 Å². The molecule has 0 amide bonds. The van der Waals surface area contributed by atoms with E-state index < -0.39 is 0 Å². The minimum absolute atomic E-state index is 0.00857. The van der Waals surface area contributed by atoms with Crippen LogP contribution in [0.1, 0.15) is 24.0 Å². The van der Waals surface area contributed by atoms with Gasteiger partial charge in [0.25, 0.3) is 5.56 Å². The normalized spacial score (nSPS) is 14.9. The van der Waals surface area contributed by atoms with Gasteiger partial charge in [0.15, 0.2) is 0 Å². The van der Waals surface area contributed by atoms with Crippen LogP contribution in [-0.4, -0.2) is 29.6 Å². The third-order valence-electron chi connectivity index (χ3n) is 5.24. The summed E-state index contributed by atoms with van der Waals surface area (Å²) in [5.74, 6) is 0. The van der Waals surface area contributed by atoms with Crippen molar-refractivity contribution in [2.75, 3.05) is 20.1 Å². The van der Waals surface area contributed by atoms with E-state index in [0.717, 1.165) is 37.2 Å². The molecule has 3 nitrogen and oxygen atoms in total. The number of likely N-dealkylation sites (tertiary alicyclic amines) is 1. The molecule has 0 spiro atoms. The molecule has 0 unspecified atom stereocenters. The maximum absolute atomic E-state index is 12.5. The van der Waals surface area contributed by atoms with Gasteiger partial charge >= 0.3 is 0 Å². The topological polar surface area (TPSA) is 25.2 Å². The Morgan fingerprint density at radius 2 is 1.41 bits per heavy atom. The molecule has 1 aliphatic heterocycles. The number of benzene rings is 2. The lowest BCUT2D eigenvalue weighted by atomic mass is 9.89. The zero-order valence-electron chi connectivity index (χ0n) is 15.6. The summed E-state index contributed by atoms with van der Waals surface area (Å²) >= 11 is 0. The van der Waals surface area contributed by atoms with Crippen molar-refractivity contribution >= 4 is 5.57 Å². The van der Waals surface area contributed by atoms with Crippen LogP contribution in [-0.2, 0) is 0 Å². The Morgan fingerprint density at radius 1 is 0.778 bits per heavy atom. The first kappa shape index (κ1) is 17.5. The van der Waals surface area contributed by atoms with Gasteiger partial charge in [-0.3, -0.25) is 9.36 Å². The quantitative estimate of drug-likeness (QED) is 0.696. The second-order valence-corrected chi connectivity index (χ2v) is 7.11. The van der Waals surface area contributed by atoms with Crippen LogP contribution in [0.15, 0.2) is 89.4 Å². The van der Waals surface area contributed by atoms with Crippen LogP contribution in [0.5, 0.6) is 0 Å². The van der Waals surface area contributed by atoms with E-state index >= 15 is 0 Å². The second-order valence-electron chi connectivity index (χ2n) is 7.11. The van der Waals surface area contributed by atoms with Gasteiger partial charge < -0.3 is 4.90 Å². The minimum Gasteiger partial charge on any atom is -0.306 e. The van der Waals surface area contributed by atoms with Crippen molar-refractivity contribution in [2.24, 2.45) is 0 Å². The molecule has 1 fully saturated rings. The number of nitrogens with zero attached hydrogens (tertiary/aromatic N) is 2. The van der Waals surface area contributed by atoms with Crippen LogP contribution >= 0.6 is 0 Å². The monoisotopic (exact) mass is 356 g/mol. The average Bonchev–Trinajstić information content (AvgIpc) is 2.72. The molecule has 2 aromatic carbocycles. The Bertz CT molecular complexity index is 993. The second kappa shape index (κ2) is 7.77. The number of para-hydroxylation sites is 1. The Balaban J connectivity index is 1.87. The van der Waals surface area contributed by atoms with E-state index in [4.69, 9.17) is 0 Å². The molecule has 1 aliphatic rings. The van der Waals surface area contributed by atoms with Gasteiger partial charge in [0.2, 0.25) is 0 Å². The summed E-state index contributed by atoms with van der Waals surface area (Å²) in [5.41, 5.74) is 5.95. The Kier molecular flexibility index (Phi) is 5.03. The maximum Gasteiger partial charge on any atom is 0.255 e. The molecule has 1 saturated heterocycles. The highest BCUT2D eigenvalue weighted by Crippen LogP contribution is 2.31. The molecular formula is C24H24N2O. The van der Waals surface area contributed by atoms with Crippen LogP contribution in [0.25, 0.3) is 11.3 Å². The molecule has 4 rings (SSSR count). The highest BCUT2D eigenvalue weighted by Gasteiger charge is 2.17. The van der Waals surface area contributed by atoms with Gasteiger partial charge in [-0.2, -0.15) is 0 Å². The van der Waals surface area contributed by atoms with E-state index in [1.54, 1.807) is 10.6 Å². The number of aromatic nitrogens is 1. The van der Waals surface area contributed by atoms with Gasteiger partial charge in [0.1, 0.15) is 0 Å². The van der Waals surface area contributed by atoms with E-state index in [0.29, 0.717) is 0 Å². The van der Waals surface area contributed by atoms with E-state index in [1.165, 1.54) is 16.7 Å². The number of piperidine rings is 1. The number of hydrogen-bond acceptors (Lipinski definition) is 2. The lowest BCUT2D eigenvalue weighted by Crippen LogP contribution is -2.27. The van der Waals surface area contributed by atoms with Gasteiger partial charge in [-0.1, -0.05) is 54.1 Å². The summed E-state index contributed by atoms with van der Waals surface area (Å²) in [6, 6.07) is 24.0. The summed E-state index contributed by atoms with van der Waals surface area (Å²) < 4.78 is 1.74. The number of rotatable bonds is 3.